The van der Waals surface area contributed by atoms with Gasteiger partial charge in [-0.05, 0) is 0 Å². The number of rotatable bonds is 2. The van der Waals surface area contributed by atoms with Gasteiger partial charge in [-0.3, -0.25) is 0 Å². The summed E-state index contributed by atoms with van der Waals surface area (Å²) in [4.78, 5) is 0. The molecule has 0 aromatic heterocycles. The third-order valence-corrected chi connectivity index (χ3v) is 1.43. The monoisotopic (exact) mass is 148 g/mol. The lowest BCUT2D eigenvalue weighted by Crippen LogP contribution is -2.43. The number of aliphatic hydroxyl groups is 2. The molecule has 4 heteroatoms. The van der Waals surface area contributed by atoms with E-state index in [1.807, 2.05) is 0 Å². The molecule has 1 rings (SSSR count). The van der Waals surface area contributed by atoms with E-state index in [4.69, 9.17) is 14.6 Å². The minimum Gasteiger partial charge on any atom is -0.396 e. The molecule has 0 aromatic carbocycles. The second kappa shape index (κ2) is 3.30. The second-order valence-electron chi connectivity index (χ2n) is 2.32. The van der Waals surface area contributed by atoms with Gasteiger partial charge in [0.25, 0.3) is 0 Å². The van der Waals surface area contributed by atoms with Crippen molar-refractivity contribution in [2.75, 3.05) is 26.4 Å². The normalized spacial score (nSPS) is 34.2. The van der Waals surface area contributed by atoms with Crippen molar-refractivity contribution in [1.29, 1.82) is 0 Å². The molecule has 0 amide bonds. The van der Waals surface area contributed by atoms with Crippen LogP contribution in [0, 0.1) is 0 Å². The average Bonchev–Trinajstić information content (AvgIpc) is 1.89. The van der Waals surface area contributed by atoms with Crippen molar-refractivity contribution in [3.63, 3.8) is 0 Å². The van der Waals surface area contributed by atoms with E-state index < -0.39 is 5.79 Å². The minimum absolute atomic E-state index is 0.0835. The second-order valence-corrected chi connectivity index (χ2v) is 2.32. The Kier molecular flexibility index (Phi) is 2.62. The zero-order valence-electron chi connectivity index (χ0n) is 5.75. The summed E-state index contributed by atoms with van der Waals surface area (Å²) in [5.41, 5.74) is 0. The van der Waals surface area contributed by atoms with Gasteiger partial charge >= 0.3 is 0 Å². The van der Waals surface area contributed by atoms with E-state index >= 15 is 0 Å². The van der Waals surface area contributed by atoms with Crippen LogP contribution in [0.3, 0.4) is 0 Å². The molecule has 0 radical (unpaired) electrons. The van der Waals surface area contributed by atoms with Crippen LogP contribution in [0.4, 0.5) is 0 Å². The predicted molar refractivity (Wildman–Crippen MR) is 33.4 cm³/mol. The molecule has 0 spiro atoms. The number of hydrogen-bond acceptors (Lipinski definition) is 4. The molecule has 1 aliphatic rings. The van der Waals surface area contributed by atoms with Crippen LogP contribution in [-0.4, -0.2) is 42.4 Å². The van der Waals surface area contributed by atoms with Gasteiger partial charge in [-0.25, -0.2) is 0 Å². The molecule has 1 unspecified atom stereocenters. The SMILES string of the molecule is OCCC1(O)COCCO1. The lowest BCUT2D eigenvalue weighted by Gasteiger charge is -2.31. The summed E-state index contributed by atoms with van der Waals surface area (Å²) < 4.78 is 9.93. The molecule has 1 aliphatic heterocycles. The first-order valence-corrected chi connectivity index (χ1v) is 3.32. The highest BCUT2D eigenvalue weighted by Gasteiger charge is 2.30. The minimum atomic E-state index is -1.24. The molecule has 60 valence electrons. The Morgan fingerprint density at radius 3 is 2.70 bits per heavy atom. The number of ether oxygens (including phenoxy) is 2. The summed E-state index contributed by atoms with van der Waals surface area (Å²) in [6.45, 7) is 0.998. The summed E-state index contributed by atoms with van der Waals surface area (Å²) in [5.74, 6) is -1.24. The maximum absolute atomic E-state index is 9.36. The largest absolute Gasteiger partial charge is 0.396 e. The maximum Gasteiger partial charge on any atom is 0.191 e. The van der Waals surface area contributed by atoms with Crippen LogP contribution in [0.25, 0.3) is 0 Å². The Morgan fingerprint density at radius 2 is 2.20 bits per heavy atom. The molecule has 1 heterocycles. The zero-order chi connectivity index (χ0) is 7.45. The lowest BCUT2D eigenvalue weighted by molar-refractivity contribution is -0.273. The van der Waals surface area contributed by atoms with E-state index in [0.717, 1.165) is 0 Å². The molecule has 1 fully saturated rings. The first-order chi connectivity index (χ1) is 4.77. The van der Waals surface area contributed by atoms with Crippen LogP contribution in [0.2, 0.25) is 0 Å². The number of aliphatic hydroxyl groups excluding tert-OH is 1. The van der Waals surface area contributed by atoms with Crippen molar-refractivity contribution in [2.45, 2.75) is 12.2 Å². The van der Waals surface area contributed by atoms with Crippen LogP contribution >= 0.6 is 0 Å². The summed E-state index contributed by atoms with van der Waals surface area (Å²) >= 11 is 0. The maximum atomic E-state index is 9.36. The molecule has 10 heavy (non-hydrogen) atoms. The Morgan fingerprint density at radius 1 is 1.40 bits per heavy atom. The van der Waals surface area contributed by atoms with Crippen molar-refractivity contribution in [3.8, 4) is 0 Å². The van der Waals surface area contributed by atoms with E-state index in [2.05, 4.69) is 0 Å². The van der Waals surface area contributed by atoms with Crippen molar-refractivity contribution in [3.05, 3.63) is 0 Å². The molecule has 0 saturated carbocycles. The summed E-state index contributed by atoms with van der Waals surface area (Å²) in [5, 5.41) is 17.9. The molecule has 0 aliphatic carbocycles. The molecular formula is C6H12O4. The standard InChI is InChI=1S/C6H12O4/c7-2-1-6(8)5-9-3-4-10-6/h7-8H,1-5H2. The van der Waals surface area contributed by atoms with Crippen LogP contribution in [0.15, 0.2) is 0 Å². The number of hydrogen-bond donors (Lipinski definition) is 2. The molecular weight excluding hydrogens is 136 g/mol. The summed E-state index contributed by atoms with van der Waals surface area (Å²) in [6, 6.07) is 0. The fourth-order valence-electron chi connectivity index (χ4n) is 0.883. The van der Waals surface area contributed by atoms with Crippen LogP contribution < -0.4 is 0 Å². The van der Waals surface area contributed by atoms with E-state index in [1.54, 1.807) is 0 Å². The molecule has 2 N–H and O–H groups in total. The third kappa shape index (κ3) is 1.91. The van der Waals surface area contributed by atoms with Gasteiger partial charge < -0.3 is 19.7 Å². The molecule has 0 aromatic rings. The fraction of sp³-hybridized carbons (Fsp3) is 1.00. The zero-order valence-corrected chi connectivity index (χ0v) is 5.75. The smallest absolute Gasteiger partial charge is 0.191 e. The first kappa shape index (κ1) is 7.94. The summed E-state index contributed by atoms with van der Waals surface area (Å²) in [6.07, 6.45) is 0.215. The lowest BCUT2D eigenvalue weighted by atomic mass is 10.2. The fourth-order valence-corrected chi connectivity index (χ4v) is 0.883. The first-order valence-electron chi connectivity index (χ1n) is 3.32. The predicted octanol–water partition coefficient (Wildman–Crippen LogP) is -0.896. The molecule has 0 bridgehead atoms. The molecule has 4 nitrogen and oxygen atoms in total. The highest BCUT2D eigenvalue weighted by atomic mass is 16.7. The van der Waals surface area contributed by atoms with Gasteiger partial charge in [0.15, 0.2) is 5.79 Å². The van der Waals surface area contributed by atoms with Crippen molar-refractivity contribution in [2.24, 2.45) is 0 Å². The highest BCUT2D eigenvalue weighted by Crippen LogP contribution is 2.15. The van der Waals surface area contributed by atoms with Crippen molar-refractivity contribution in [1.82, 2.24) is 0 Å². The summed E-state index contributed by atoms with van der Waals surface area (Å²) in [7, 11) is 0. The van der Waals surface area contributed by atoms with Crippen LogP contribution in [0.5, 0.6) is 0 Å². The third-order valence-electron chi connectivity index (χ3n) is 1.43. The van der Waals surface area contributed by atoms with Gasteiger partial charge in [-0.15, -0.1) is 0 Å². The van der Waals surface area contributed by atoms with Gasteiger partial charge in [-0.1, -0.05) is 0 Å². The van der Waals surface area contributed by atoms with Crippen LogP contribution in [0.1, 0.15) is 6.42 Å². The molecule has 1 atom stereocenters. The Hall–Kier alpha value is -0.160. The van der Waals surface area contributed by atoms with Crippen LogP contribution in [-0.2, 0) is 9.47 Å². The Bertz CT molecular complexity index is 92.4. The van der Waals surface area contributed by atoms with Gasteiger partial charge in [-0.2, -0.15) is 0 Å². The quantitative estimate of drug-likeness (QED) is 0.533. The van der Waals surface area contributed by atoms with E-state index in [1.165, 1.54) is 0 Å². The highest BCUT2D eigenvalue weighted by molar-refractivity contribution is 4.68. The van der Waals surface area contributed by atoms with E-state index in [9.17, 15) is 5.11 Å². The van der Waals surface area contributed by atoms with Crippen molar-refractivity contribution < 1.29 is 19.7 Å². The van der Waals surface area contributed by atoms with E-state index in [0.29, 0.717) is 13.2 Å². The van der Waals surface area contributed by atoms with Gasteiger partial charge in [0.1, 0.15) is 6.61 Å². The van der Waals surface area contributed by atoms with Gasteiger partial charge in [0, 0.05) is 13.0 Å². The van der Waals surface area contributed by atoms with Gasteiger partial charge in [0.05, 0.1) is 13.2 Å². The Balaban J connectivity index is 2.32. The average molecular weight is 148 g/mol. The van der Waals surface area contributed by atoms with E-state index in [-0.39, 0.29) is 19.6 Å². The van der Waals surface area contributed by atoms with Gasteiger partial charge in [0.2, 0.25) is 0 Å². The van der Waals surface area contributed by atoms with Crippen molar-refractivity contribution >= 4 is 0 Å². The molecule has 1 saturated heterocycles. The Labute approximate surface area is 59.4 Å². The topological polar surface area (TPSA) is 58.9 Å².